The third-order valence-electron chi connectivity index (χ3n) is 6.36. The van der Waals surface area contributed by atoms with Crippen molar-refractivity contribution in [1.82, 2.24) is 0 Å². The van der Waals surface area contributed by atoms with Crippen LogP contribution in [0.5, 0.6) is 0 Å². The number of rotatable bonds is 1. The topological polar surface area (TPSA) is 26.3 Å². The Kier molecular flexibility index (Phi) is 1.77. The molecule has 0 saturated heterocycles. The summed E-state index contributed by atoms with van der Waals surface area (Å²) >= 11 is 0. The van der Waals surface area contributed by atoms with Gasteiger partial charge in [0.25, 0.3) is 0 Å². The molecule has 0 radical (unpaired) electrons. The smallest absolute Gasteiger partial charge is 0.312 e. The monoisotopic (exact) mass is 232 g/mol. The minimum absolute atomic E-state index is 0.0961. The standard InChI is InChI=1S/C15H20O2/c1-8-5-11-7-12(8)13-9-3-4-10(6-9)15(11,13)14(16)17-2/h3-4,8-13H,5-7H2,1-2H3. The van der Waals surface area contributed by atoms with Crippen molar-refractivity contribution >= 4 is 5.97 Å². The van der Waals surface area contributed by atoms with Crippen molar-refractivity contribution in [1.29, 1.82) is 0 Å². The van der Waals surface area contributed by atoms with Gasteiger partial charge in [0.1, 0.15) is 0 Å². The molecular formula is C15H20O2. The first-order chi connectivity index (χ1) is 8.19. The molecule has 2 heteroatoms. The zero-order valence-corrected chi connectivity index (χ0v) is 10.6. The first kappa shape index (κ1) is 10.2. The Hall–Kier alpha value is -0.790. The molecule has 0 aliphatic heterocycles. The maximum atomic E-state index is 12.4. The maximum Gasteiger partial charge on any atom is 0.312 e. The molecule has 7 atom stereocenters. The molecule has 0 aromatic rings. The van der Waals surface area contributed by atoms with E-state index in [4.69, 9.17) is 4.74 Å². The van der Waals surface area contributed by atoms with Gasteiger partial charge in [-0.2, -0.15) is 0 Å². The lowest BCUT2D eigenvalue weighted by molar-refractivity contribution is -0.163. The van der Waals surface area contributed by atoms with Crippen LogP contribution >= 0.6 is 0 Å². The molecule has 2 nitrogen and oxygen atoms in total. The van der Waals surface area contributed by atoms with Gasteiger partial charge in [-0.1, -0.05) is 19.1 Å². The average Bonchev–Trinajstić information content (AvgIpc) is 3.03. The van der Waals surface area contributed by atoms with Crippen molar-refractivity contribution in [2.75, 3.05) is 7.11 Å². The number of carbonyl (C=O) groups is 1. The molecule has 92 valence electrons. The van der Waals surface area contributed by atoms with Crippen molar-refractivity contribution < 1.29 is 9.53 Å². The molecular weight excluding hydrogens is 212 g/mol. The Morgan fingerprint density at radius 3 is 2.88 bits per heavy atom. The van der Waals surface area contributed by atoms with Crippen molar-refractivity contribution in [3.63, 3.8) is 0 Å². The number of fused-ring (bicyclic) bond motifs is 9. The SMILES string of the molecule is COC(=O)C12C3C=CC(C3)C1C1CC2CC1C. The Morgan fingerprint density at radius 1 is 1.29 bits per heavy atom. The van der Waals surface area contributed by atoms with Gasteiger partial charge in [0, 0.05) is 0 Å². The number of carbonyl (C=O) groups excluding carboxylic acids is 1. The van der Waals surface area contributed by atoms with Gasteiger partial charge in [-0.05, 0) is 54.8 Å². The van der Waals surface area contributed by atoms with E-state index in [-0.39, 0.29) is 11.4 Å². The minimum Gasteiger partial charge on any atom is -0.469 e. The second kappa shape index (κ2) is 2.96. The number of esters is 1. The van der Waals surface area contributed by atoms with Gasteiger partial charge in [0.05, 0.1) is 12.5 Å². The molecule has 4 aliphatic carbocycles. The fourth-order valence-corrected chi connectivity index (χ4v) is 6.00. The highest BCUT2D eigenvalue weighted by molar-refractivity contribution is 5.80. The third kappa shape index (κ3) is 0.903. The molecule has 4 bridgehead atoms. The summed E-state index contributed by atoms with van der Waals surface area (Å²) in [5.74, 6) is 4.02. The first-order valence-electron chi connectivity index (χ1n) is 6.96. The van der Waals surface area contributed by atoms with Gasteiger partial charge >= 0.3 is 5.97 Å². The predicted octanol–water partition coefficient (Wildman–Crippen LogP) is 2.64. The summed E-state index contributed by atoms with van der Waals surface area (Å²) < 4.78 is 5.21. The quantitative estimate of drug-likeness (QED) is 0.395. The van der Waals surface area contributed by atoms with E-state index < -0.39 is 0 Å². The normalized spacial score (nSPS) is 57.5. The summed E-state index contributed by atoms with van der Waals surface area (Å²) in [6, 6.07) is 0. The van der Waals surface area contributed by atoms with E-state index in [1.165, 1.54) is 19.3 Å². The fourth-order valence-electron chi connectivity index (χ4n) is 6.00. The van der Waals surface area contributed by atoms with Gasteiger partial charge in [0.2, 0.25) is 0 Å². The van der Waals surface area contributed by atoms with E-state index in [0.29, 0.717) is 23.7 Å². The first-order valence-corrected chi connectivity index (χ1v) is 6.96. The molecule has 4 rings (SSSR count). The minimum atomic E-state index is -0.120. The van der Waals surface area contributed by atoms with Crippen molar-refractivity contribution in [3.8, 4) is 0 Å². The van der Waals surface area contributed by atoms with E-state index in [2.05, 4.69) is 19.1 Å². The van der Waals surface area contributed by atoms with Crippen LogP contribution in [0.2, 0.25) is 0 Å². The number of methoxy groups -OCH3 is 1. The van der Waals surface area contributed by atoms with E-state index in [9.17, 15) is 4.79 Å². The lowest BCUT2D eigenvalue weighted by Crippen LogP contribution is -2.48. The highest BCUT2D eigenvalue weighted by Crippen LogP contribution is 2.73. The predicted molar refractivity (Wildman–Crippen MR) is 64.1 cm³/mol. The largest absolute Gasteiger partial charge is 0.469 e. The lowest BCUT2D eigenvalue weighted by atomic mass is 9.59. The van der Waals surface area contributed by atoms with Crippen LogP contribution in [0.1, 0.15) is 26.2 Å². The zero-order chi connectivity index (χ0) is 11.8. The van der Waals surface area contributed by atoms with Crippen LogP contribution in [-0.4, -0.2) is 13.1 Å². The second-order valence-corrected chi connectivity index (χ2v) is 6.65. The fraction of sp³-hybridized carbons (Fsp3) is 0.800. The van der Waals surface area contributed by atoms with Crippen LogP contribution in [0, 0.1) is 40.9 Å². The van der Waals surface area contributed by atoms with Gasteiger partial charge in [-0.3, -0.25) is 4.79 Å². The molecule has 17 heavy (non-hydrogen) atoms. The summed E-state index contributed by atoms with van der Waals surface area (Å²) in [4.78, 5) is 12.4. The average molecular weight is 232 g/mol. The van der Waals surface area contributed by atoms with Gasteiger partial charge < -0.3 is 4.74 Å². The highest BCUT2D eigenvalue weighted by Gasteiger charge is 2.72. The molecule has 7 unspecified atom stereocenters. The lowest BCUT2D eigenvalue weighted by Gasteiger charge is -2.44. The summed E-state index contributed by atoms with van der Waals surface area (Å²) in [6.07, 6.45) is 8.41. The number of ether oxygens (including phenoxy) is 1. The van der Waals surface area contributed by atoms with Crippen molar-refractivity contribution in [2.24, 2.45) is 40.9 Å². The van der Waals surface area contributed by atoms with Crippen LogP contribution < -0.4 is 0 Å². The maximum absolute atomic E-state index is 12.4. The number of hydrogen-bond donors (Lipinski definition) is 0. The Balaban J connectivity index is 1.86. The third-order valence-corrected chi connectivity index (χ3v) is 6.36. The molecule has 0 spiro atoms. The molecule has 0 N–H and O–H groups in total. The van der Waals surface area contributed by atoms with Crippen LogP contribution in [-0.2, 0) is 9.53 Å². The molecule has 0 aromatic heterocycles. The summed E-state index contributed by atoms with van der Waals surface area (Å²) in [5.41, 5.74) is -0.120. The number of hydrogen-bond acceptors (Lipinski definition) is 2. The van der Waals surface area contributed by atoms with Gasteiger partial charge in [-0.15, -0.1) is 0 Å². The van der Waals surface area contributed by atoms with Crippen LogP contribution in [0.4, 0.5) is 0 Å². The van der Waals surface area contributed by atoms with Crippen molar-refractivity contribution in [3.05, 3.63) is 12.2 Å². The molecule has 3 saturated carbocycles. The van der Waals surface area contributed by atoms with Gasteiger partial charge in [-0.25, -0.2) is 0 Å². The summed E-state index contributed by atoms with van der Waals surface area (Å²) in [7, 11) is 1.57. The van der Waals surface area contributed by atoms with Crippen LogP contribution in [0.3, 0.4) is 0 Å². The Morgan fingerprint density at radius 2 is 2.12 bits per heavy atom. The molecule has 4 aliphatic rings. The molecule has 0 heterocycles. The van der Waals surface area contributed by atoms with Crippen molar-refractivity contribution in [2.45, 2.75) is 26.2 Å². The summed E-state index contributed by atoms with van der Waals surface area (Å²) in [6.45, 7) is 2.38. The molecule has 0 aromatic carbocycles. The van der Waals surface area contributed by atoms with Gasteiger partial charge in [0.15, 0.2) is 0 Å². The second-order valence-electron chi connectivity index (χ2n) is 6.65. The highest BCUT2D eigenvalue weighted by atomic mass is 16.5. The molecule has 0 amide bonds. The summed E-state index contributed by atoms with van der Waals surface area (Å²) in [5, 5.41) is 0. The Bertz CT molecular complexity index is 413. The zero-order valence-electron chi connectivity index (χ0n) is 10.6. The van der Waals surface area contributed by atoms with E-state index in [1.54, 1.807) is 7.11 Å². The van der Waals surface area contributed by atoms with Crippen LogP contribution in [0.15, 0.2) is 12.2 Å². The van der Waals surface area contributed by atoms with E-state index >= 15 is 0 Å². The van der Waals surface area contributed by atoms with E-state index in [0.717, 1.165) is 11.8 Å². The number of allylic oxidation sites excluding steroid dienone is 2. The van der Waals surface area contributed by atoms with E-state index in [1.807, 2.05) is 0 Å². The van der Waals surface area contributed by atoms with Crippen LogP contribution in [0.25, 0.3) is 0 Å². The Labute approximate surface area is 102 Å². The molecule has 3 fully saturated rings.